The van der Waals surface area contributed by atoms with Crippen molar-refractivity contribution in [1.29, 1.82) is 0 Å². The number of hydrogen-bond donors (Lipinski definition) is 5. The van der Waals surface area contributed by atoms with Gasteiger partial charge in [0.25, 0.3) is 0 Å². The number of carbonyl (C=O) groups is 1. The molecule has 4 atom stereocenters. The molecule has 80 valence electrons. The van der Waals surface area contributed by atoms with Gasteiger partial charge in [0.05, 0.1) is 6.61 Å². The number of carbonyl (C=O) groups excluding carboxylic acids is 1. The Morgan fingerprint density at radius 1 is 1.21 bits per heavy atom. The van der Waals surface area contributed by atoms with Crippen molar-refractivity contribution in [3.05, 3.63) is 0 Å². The molecule has 5 N–H and O–H groups in total. The second-order valence-corrected chi connectivity index (χ2v) is 2.68. The largest absolute Gasteiger partial charge is 0.394 e. The van der Waals surface area contributed by atoms with Crippen molar-refractivity contribution < 1.29 is 30.3 Å². The summed E-state index contributed by atoms with van der Waals surface area (Å²) in [6.07, 6.45) is -2.74. The molecule has 0 saturated carbocycles. The van der Waals surface area contributed by atoms with E-state index in [-0.39, 0.29) is 0 Å². The smallest absolute Gasteiger partial charge is 0.236 e. The lowest BCUT2D eigenvalue weighted by Gasteiger charge is -2.23. The third kappa shape index (κ3) is 3.06. The zero-order valence-corrected chi connectivity index (χ0v) is 7.24. The van der Waals surface area contributed by atoms with Crippen LogP contribution in [0.2, 0.25) is 0 Å². The van der Waals surface area contributed by atoms with Gasteiger partial charge in [-0.1, -0.05) is 0 Å². The summed E-state index contributed by atoms with van der Waals surface area (Å²) in [4.78, 5) is 10.7. The topological polar surface area (TPSA) is 118 Å². The molecule has 6 nitrogen and oxygen atoms in total. The van der Waals surface area contributed by atoms with Crippen LogP contribution in [0.25, 0.3) is 0 Å². The minimum atomic E-state index is -1.98. The highest BCUT2D eigenvalue weighted by Gasteiger charge is 2.33. The summed E-state index contributed by atoms with van der Waals surface area (Å²) < 4.78 is 0. The van der Waals surface area contributed by atoms with Crippen LogP contribution in [0.4, 0.5) is 0 Å². The molecule has 0 spiro atoms. The first-order valence-corrected chi connectivity index (χ1v) is 3.79. The Bertz CT molecular complexity index is 232. The van der Waals surface area contributed by atoms with Gasteiger partial charge in [-0.3, -0.25) is 4.79 Å². The molecular formula is C8H12O6. The number of hydrogen-bond acceptors (Lipinski definition) is 6. The van der Waals surface area contributed by atoms with Crippen LogP contribution >= 0.6 is 0 Å². The third-order valence-corrected chi connectivity index (χ3v) is 1.67. The van der Waals surface area contributed by atoms with Crippen molar-refractivity contribution >= 4 is 5.78 Å². The van der Waals surface area contributed by atoms with E-state index in [9.17, 15) is 4.79 Å². The van der Waals surface area contributed by atoms with Crippen LogP contribution in [0.3, 0.4) is 0 Å². The fourth-order valence-electron chi connectivity index (χ4n) is 0.763. The summed E-state index contributed by atoms with van der Waals surface area (Å²) in [7, 11) is 0. The molecule has 0 unspecified atom stereocenters. The standard InChI is InChI=1S/C8H12O6/c1-2-4(10)6(12)8(14)7(13)5(11)3-9/h1,5-9,11-14H,3H2/t5-,6+,7-,8-/m1/s1. The highest BCUT2D eigenvalue weighted by Crippen LogP contribution is 2.05. The van der Waals surface area contributed by atoms with Crippen LogP contribution < -0.4 is 0 Å². The van der Waals surface area contributed by atoms with E-state index in [4.69, 9.17) is 25.5 Å². The van der Waals surface area contributed by atoms with Gasteiger partial charge in [-0.25, -0.2) is 0 Å². The lowest BCUT2D eigenvalue weighted by molar-refractivity contribution is -0.142. The average Bonchev–Trinajstić information content (AvgIpc) is 2.23. The van der Waals surface area contributed by atoms with Crippen molar-refractivity contribution in [2.75, 3.05) is 6.61 Å². The van der Waals surface area contributed by atoms with Crippen LogP contribution in [-0.4, -0.2) is 62.3 Å². The Kier molecular flexibility index (Phi) is 5.30. The van der Waals surface area contributed by atoms with Crippen molar-refractivity contribution in [3.8, 4) is 12.3 Å². The lowest BCUT2D eigenvalue weighted by Crippen LogP contribution is -2.48. The predicted molar refractivity (Wildman–Crippen MR) is 45.0 cm³/mol. The van der Waals surface area contributed by atoms with E-state index < -0.39 is 36.8 Å². The Balaban J connectivity index is 4.39. The van der Waals surface area contributed by atoms with E-state index in [2.05, 4.69) is 6.42 Å². The van der Waals surface area contributed by atoms with Gasteiger partial charge in [0.1, 0.15) is 18.3 Å². The predicted octanol–water partition coefficient (Wildman–Crippen LogP) is -3.38. The Hall–Kier alpha value is -0.970. The SMILES string of the molecule is C#CC(=O)[C@H](O)[C@@H](O)[C@H](O)[C@H](O)CO. The normalized spacial score (nSPS) is 19.1. The molecule has 0 aliphatic carbocycles. The summed E-state index contributed by atoms with van der Waals surface area (Å²) in [5, 5.41) is 44.4. The molecule has 0 aliphatic rings. The number of terminal acetylenes is 1. The monoisotopic (exact) mass is 204 g/mol. The first kappa shape index (κ1) is 13.0. The summed E-state index contributed by atoms with van der Waals surface area (Å²) in [5.74, 6) is 0.444. The van der Waals surface area contributed by atoms with Crippen molar-refractivity contribution in [2.45, 2.75) is 24.4 Å². The zero-order valence-electron chi connectivity index (χ0n) is 7.24. The Morgan fingerprint density at radius 2 is 1.71 bits per heavy atom. The number of aliphatic hydroxyl groups is 5. The molecule has 0 saturated heterocycles. The first-order valence-electron chi connectivity index (χ1n) is 3.79. The van der Waals surface area contributed by atoms with Crippen LogP contribution in [-0.2, 0) is 4.79 Å². The van der Waals surface area contributed by atoms with Crippen LogP contribution in [0.5, 0.6) is 0 Å². The number of ketones is 1. The zero-order chi connectivity index (χ0) is 11.3. The lowest BCUT2D eigenvalue weighted by atomic mass is 10.0. The van der Waals surface area contributed by atoms with E-state index in [0.717, 1.165) is 0 Å². The van der Waals surface area contributed by atoms with Crippen LogP contribution in [0, 0.1) is 12.3 Å². The van der Waals surface area contributed by atoms with E-state index in [1.807, 2.05) is 0 Å². The van der Waals surface area contributed by atoms with E-state index >= 15 is 0 Å². The summed E-state index contributed by atoms with van der Waals surface area (Å²) in [6, 6.07) is 0. The van der Waals surface area contributed by atoms with Gasteiger partial charge in [0.2, 0.25) is 5.78 Å². The van der Waals surface area contributed by atoms with Crippen LogP contribution in [0.1, 0.15) is 0 Å². The highest BCUT2D eigenvalue weighted by atomic mass is 16.4. The molecule has 6 heteroatoms. The molecule has 0 aromatic rings. The van der Waals surface area contributed by atoms with Gasteiger partial charge in [-0.2, -0.15) is 0 Å². The summed E-state index contributed by atoms with van der Waals surface area (Å²) in [6.45, 7) is -0.810. The maximum absolute atomic E-state index is 10.7. The van der Waals surface area contributed by atoms with Crippen LogP contribution in [0.15, 0.2) is 0 Å². The number of Topliss-reactive ketones (excluding diaryl/α,β-unsaturated/α-hetero) is 1. The fraction of sp³-hybridized carbons (Fsp3) is 0.625. The Morgan fingerprint density at radius 3 is 2.07 bits per heavy atom. The molecule has 14 heavy (non-hydrogen) atoms. The molecule has 0 aromatic carbocycles. The maximum Gasteiger partial charge on any atom is 0.236 e. The molecule has 0 fully saturated rings. The second-order valence-electron chi connectivity index (χ2n) is 2.68. The highest BCUT2D eigenvalue weighted by molar-refractivity contribution is 5.98. The number of rotatable bonds is 5. The molecule has 0 bridgehead atoms. The molecule has 0 aromatic heterocycles. The summed E-state index contributed by atoms with van der Waals surface area (Å²) >= 11 is 0. The molecule has 0 heterocycles. The van der Waals surface area contributed by atoms with E-state index in [1.54, 1.807) is 5.92 Å². The fourth-order valence-corrected chi connectivity index (χ4v) is 0.763. The van der Waals surface area contributed by atoms with Gasteiger partial charge in [-0.15, -0.1) is 6.42 Å². The minimum Gasteiger partial charge on any atom is -0.394 e. The van der Waals surface area contributed by atoms with Gasteiger partial charge in [0, 0.05) is 0 Å². The first-order chi connectivity index (χ1) is 6.45. The van der Waals surface area contributed by atoms with Gasteiger partial charge in [-0.05, 0) is 5.92 Å². The molecule has 0 aliphatic heterocycles. The molecule has 0 amide bonds. The van der Waals surface area contributed by atoms with Crippen molar-refractivity contribution in [3.63, 3.8) is 0 Å². The van der Waals surface area contributed by atoms with Gasteiger partial charge >= 0.3 is 0 Å². The third-order valence-electron chi connectivity index (χ3n) is 1.67. The average molecular weight is 204 g/mol. The van der Waals surface area contributed by atoms with Crippen molar-refractivity contribution in [1.82, 2.24) is 0 Å². The molecule has 0 radical (unpaired) electrons. The maximum atomic E-state index is 10.7. The van der Waals surface area contributed by atoms with Gasteiger partial charge < -0.3 is 25.5 Å². The minimum absolute atomic E-state index is 0.810. The molecule has 0 rings (SSSR count). The summed E-state index contributed by atoms with van der Waals surface area (Å²) in [5.41, 5.74) is 0. The van der Waals surface area contributed by atoms with Gasteiger partial charge in [0.15, 0.2) is 6.10 Å². The second kappa shape index (κ2) is 5.70. The van der Waals surface area contributed by atoms with E-state index in [1.165, 1.54) is 0 Å². The number of aliphatic hydroxyl groups excluding tert-OH is 5. The quantitative estimate of drug-likeness (QED) is 0.235. The Labute approximate surface area is 80.4 Å². The van der Waals surface area contributed by atoms with E-state index in [0.29, 0.717) is 0 Å². The molecular weight excluding hydrogens is 192 g/mol. The van der Waals surface area contributed by atoms with Crippen molar-refractivity contribution in [2.24, 2.45) is 0 Å².